The zero-order chi connectivity index (χ0) is 40.6. The fraction of sp³-hybridized carbons (Fsp3) is 0.188. The molecule has 6 aromatic rings. The molecular formula is C48H45O8+. The first-order valence-corrected chi connectivity index (χ1v) is 18.2. The Kier molecular flexibility index (Phi) is 10.6. The number of hydrogen-bond acceptors (Lipinski definition) is 7. The van der Waals surface area contributed by atoms with Gasteiger partial charge in [-0.25, -0.2) is 9.59 Å². The van der Waals surface area contributed by atoms with Gasteiger partial charge in [-0.2, -0.15) is 0 Å². The number of fused-ring (bicyclic) bond motifs is 6. The Morgan fingerprint density at radius 3 is 1.61 bits per heavy atom. The van der Waals surface area contributed by atoms with Gasteiger partial charge in [-0.15, -0.1) is 0 Å². The molecule has 284 valence electrons. The van der Waals surface area contributed by atoms with Gasteiger partial charge in [0.1, 0.15) is 23.0 Å². The third kappa shape index (κ3) is 7.13. The Morgan fingerprint density at radius 1 is 0.536 bits per heavy atom. The maximum atomic E-state index is 12.8. The van der Waals surface area contributed by atoms with Crippen LogP contribution in [0.4, 0.5) is 0 Å². The van der Waals surface area contributed by atoms with Crippen molar-refractivity contribution in [1.82, 2.24) is 0 Å². The number of rotatable bonds is 3. The standard InChI is InChI=1S/C24H20O3.C16H14O4.C8H10O/c1-13-9-19-21(11-15(13)3)26-22-12-16(4)14(2)10-20(22)24(19)18-8-6-5-7-17(18)23(25)27-24;1-9-7-13(14(17)8-10(9)2)15(18)11-5-3-4-6-12(11)16(19)20;1-6-3-4-8(9)5-7(6)2/h5-12H,1-4H3;3-8,17H,1-2H3,(H,19,20);3-5,9H,1-2H3/p+1. The SMILES string of the molecule is Cc1cc(O)c(C(=O)c2ccccc2C(=O)O)cc1C.Cc1cc2c(cc1C)C1(OC(=O)c3ccccc31)c1cc(C)c(C)cc1O2.Cc1ccc(O)cc1C.[H+]. The number of esters is 1. The molecule has 1 spiro atoms. The van der Waals surface area contributed by atoms with E-state index in [0.717, 1.165) is 67.1 Å². The van der Waals surface area contributed by atoms with Crippen LogP contribution >= 0.6 is 0 Å². The van der Waals surface area contributed by atoms with Crippen LogP contribution in [0.3, 0.4) is 0 Å². The summed E-state index contributed by atoms with van der Waals surface area (Å²) in [5.74, 6) is -0.255. The molecule has 0 bridgehead atoms. The highest BCUT2D eigenvalue weighted by atomic mass is 16.6. The fourth-order valence-corrected chi connectivity index (χ4v) is 6.90. The number of carbonyl (C=O) groups excluding carboxylic acids is 2. The zero-order valence-corrected chi connectivity index (χ0v) is 32.7. The van der Waals surface area contributed by atoms with Crippen molar-refractivity contribution in [3.05, 3.63) is 187 Å². The van der Waals surface area contributed by atoms with Gasteiger partial charge in [-0.1, -0.05) is 42.5 Å². The Labute approximate surface area is 328 Å². The van der Waals surface area contributed by atoms with Crippen LogP contribution in [-0.4, -0.2) is 33.0 Å². The topological polar surface area (TPSA) is 130 Å². The molecule has 6 aromatic carbocycles. The van der Waals surface area contributed by atoms with Crippen LogP contribution in [0.5, 0.6) is 23.0 Å². The molecule has 2 aliphatic heterocycles. The van der Waals surface area contributed by atoms with E-state index in [4.69, 9.17) is 19.7 Å². The van der Waals surface area contributed by atoms with Crippen molar-refractivity contribution in [1.29, 1.82) is 0 Å². The predicted octanol–water partition coefficient (Wildman–Crippen LogP) is 10.5. The lowest BCUT2D eigenvalue weighted by Gasteiger charge is -2.37. The summed E-state index contributed by atoms with van der Waals surface area (Å²) in [7, 11) is 0. The largest absolute Gasteiger partial charge is 1.00 e. The summed E-state index contributed by atoms with van der Waals surface area (Å²) in [5.41, 5.74) is 11.1. The Bertz CT molecular complexity index is 2510. The second-order valence-electron chi connectivity index (χ2n) is 14.5. The number of phenols is 2. The van der Waals surface area contributed by atoms with Crippen LogP contribution in [0.1, 0.15) is 99.3 Å². The number of hydrogen-bond donors (Lipinski definition) is 3. The molecule has 0 aromatic heterocycles. The minimum Gasteiger partial charge on any atom is -0.508 e. The van der Waals surface area contributed by atoms with Gasteiger partial charge in [0.15, 0.2) is 11.4 Å². The lowest BCUT2D eigenvalue weighted by Crippen LogP contribution is -2.33. The van der Waals surface area contributed by atoms with Crippen molar-refractivity contribution in [3.8, 4) is 23.0 Å². The molecule has 3 N–H and O–H groups in total. The van der Waals surface area contributed by atoms with Crippen molar-refractivity contribution < 1.29 is 40.6 Å². The number of carboxylic acid groups (broad SMARTS) is 1. The maximum Gasteiger partial charge on any atom is 1.00 e. The second-order valence-corrected chi connectivity index (χ2v) is 14.5. The van der Waals surface area contributed by atoms with Gasteiger partial charge in [-0.3, -0.25) is 4.79 Å². The molecule has 0 saturated carbocycles. The van der Waals surface area contributed by atoms with Crippen molar-refractivity contribution in [3.63, 3.8) is 0 Å². The summed E-state index contributed by atoms with van der Waals surface area (Å²) in [6.07, 6.45) is 0. The average molecular weight is 750 g/mol. The van der Waals surface area contributed by atoms with E-state index in [2.05, 4.69) is 39.8 Å². The van der Waals surface area contributed by atoms with Crippen LogP contribution in [0.25, 0.3) is 0 Å². The number of ketones is 1. The van der Waals surface area contributed by atoms with Gasteiger partial charge >= 0.3 is 13.4 Å². The van der Waals surface area contributed by atoms with Crippen molar-refractivity contribution in [2.45, 2.75) is 61.0 Å². The van der Waals surface area contributed by atoms with E-state index in [1.54, 1.807) is 30.3 Å². The molecular weight excluding hydrogens is 705 g/mol. The predicted molar refractivity (Wildman–Crippen MR) is 217 cm³/mol. The number of benzene rings is 6. The van der Waals surface area contributed by atoms with Crippen LogP contribution < -0.4 is 4.74 Å². The first kappa shape index (κ1) is 39.0. The van der Waals surface area contributed by atoms with E-state index in [1.165, 1.54) is 23.8 Å². The summed E-state index contributed by atoms with van der Waals surface area (Å²) in [4.78, 5) is 36.4. The van der Waals surface area contributed by atoms with Crippen molar-refractivity contribution in [2.24, 2.45) is 0 Å². The molecule has 56 heavy (non-hydrogen) atoms. The Hall–Kier alpha value is -6.67. The number of carbonyl (C=O) groups is 3. The first-order valence-electron chi connectivity index (χ1n) is 18.2. The summed E-state index contributed by atoms with van der Waals surface area (Å²) in [6.45, 7) is 15.9. The highest BCUT2D eigenvalue weighted by Crippen LogP contribution is 2.56. The van der Waals surface area contributed by atoms with E-state index in [-0.39, 0.29) is 29.8 Å². The fourth-order valence-electron chi connectivity index (χ4n) is 6.90. The minimum atomic E-state index is -1.17. The Morgan fingerprint density at radius 2 is 1.04 bits per heavy atom. The highest BCUT2D eigenvalue weighted by molar-refractivity contribution is 6.15. The quantitative estimate of drug-likeness (QED) is 0.120. The second kappa shape index (κ2) is 15.2. The number of aryl methyl sites for hydroxylation is 8. The number of aromatic carboxylic acids is 1. The monoisotopic (exact) mass is 749 g/mol. The van der Waals surface area contributed by atoms with Gasteiger partial charge in [0.25, 0.3) is 0 Å². The van der Waals surface area contributed by atoms with Gasteiger partial charge < -0.3 is 24.8 Å². The molecule has 2 heterocycles. The number of phenolic OH excluding ortho intramolecular Hbond substituents is 2. The van der Waals surface area contributed by atoms with Crippen molar-refractivity contribution >= 4 is 17.7 Å². The smallest absolute Gasteiger partial charge is 0.508 e. The van der Waals surface area contributed by atoms with Gasteiger partial charge in [-0.05, 0) is 161 Å². The van der Waals surface area contributed by atoms with E-state index in [1.807, 2.05) is 70.2 Å². The molecule has 0 fully saturated rings. The summed E-state index contributed by atoms with van der Waals surface area (Å²) < 4.78 is 12.5. The molecule has 8 heteroatoms. The molecule has 0 radical (unpaired) electrons. The van der Waals surface area contributed by atoms with Gasteiger partial charge in [0.05, 0.1) is 16.7 Å². The molecule has 0 atom stereocenters. The van der Waals surface area contributed by atoms with E-state index < -0.39 is 17.4 Å². The van der Waals surface area contributed by atoms with Crippen LogP contribution in [0, 0.1) is 55.4 Å². The normalized spacial score (nSPS) is 12.8. The molecule has 0 aliphatic carbocycles. The van der Waals surface area contributed by atoms with Crippen LogP contribution in [-0.2, 0) is 10.3 Å². The minimum absolute atomic E-state index is 0. The van der Waals surface area contributed by atoms with E-state index in [9.17, 15) is 19.5 Å². The van der Waals surface area contributed by atoms with E-state index >= 15 is 0 Å². The number of aromatic hydroxyl groups is 2. The third-order valence-corrected chi connectivity index (χ3v) is 10.7. The number of carboxylic acids is 1. The summed E-state index contributed by atoms with van der Waals surface area (Å²) in [6, 6.07) is 30.3. The molecule has 8 nitrogen and oxygen atoms in total. The Balaban J connectivity index is 0.000000182. The average Bonchev–Trinajstić information content (AvgIpc) is 3.46. The lowest BCUT2D eigenvalue weighted by molar-refractivity contribution is 0.0223. The highest BCUT2D eigenvalue weighted by Gasteiger charge is 2.53. The molecule has 0 unspecified atom stereocenters. The van der Waals surface area contributed by atoms with Gasteiger partial charge in [0.2, 0.25) is 0 Å². The number of ether oxygens (including phenoxy) is 2. The molecule has 8 rings (SSSR count). The maximum absolute atomic E-state index is 12.8. The molecule has 0 amide bonds. The van der Waals surface area contributed by atoms with Crippen LogP contribution in [0.15, 0.2) is 103 Å². The molecule has 0 saturated heterocycles. The van der Waals surface area contributed by atoms with E-state index in [0.29, 0.717) is 11.3 Å². The lowest BCUT2D eigenvalue weighted by atomic mass is 9.76. The molecule has 2 aliphatic rings. The van der Waals surface area contributed by atoms with Gasteiger partial charge in [0, 0.05) is 22.3 Å². The third-order valence-electron chi connectivity index (χ3n) is 10.7. The summed E-state index contributed by atoms with van der Waals surface area (Å²) >= 11 is 0. The first-order chi connectivity index (χ1) is 26.5. The summed E-state index contributed by atoms with van der Waals surface area (Å²) in [5, 5.41) is 28.0. The van der Waals surface area contributed by atoms with Crippen LogP contribution in [0.2, 0.25) is 0 Å². The van der Waals surface area contributed by atoms with Crippen molar-refractivity contribution in [2.75, 3.05) is 0 Å². The zero-order valence-electron chi connectivity index (χ0n) is 33.7.